The first-order valence-corrected chi connectivity index (χ1v) is 4.90. The lowest BCUT2D eigenvalue weighted by molar-refractivity contribution is -0.384. The molecule has 0 aliphatic heterocycles. The molecule has 0 atom stereocenters. The zero-order valence-electron chi connectivity index (χ0n) is 9.08. The smallest absolute Gasteiger partial charge is 0.282 e. The van der Waals surface area contributed by atoms with Crippen LogP contribution < -0.4 is 5.73 Å². The van der Waals surface area contributed by atoms with Crippen LogP contribution in [0.2, 0.25) is 0 Å². The summed E-state index contributed by atoms with van der Waals surface area (Å²) in [5, 5.41) is 14.5. The molecule has 0 spiro atoms. The maximum absolute atomic E-state index is 10.9. The lowest BCUT2D eigenvalue weighted by Crippen LogP contribution is -1.98. The van der Waals surface area contributed by atoms with Crippen LogP contribution in [0.4, 0.5) is 5.69 Å². The fourth-order valence-corrected chi connectivity index (χ4v) is 1.43. The molecule has 0 aliphatic rings. The zero-order valence-corrected chi connectivity index (χ0v) is 9.08. The minimum atomic E-state index is -0.485. The number of rotatable bonds is 3. The topological polar surface area (TPSA) is 108 Å². The average Bonchev–Trinajstić information content (AvgIpc) is 2.76. The van der Waals surface area contributed by atoms with E-state index in [2.05, 4.69) is 10.1 Å². The molecule has 2 rings (SSSR count). The highest BCUT2D eigenvalue weighted by Crippen LogP contribution is 2.29. The van der Waals surface area contributed by atoms with E-state index in [1.807, 2.05) is 6.92 Å². The van der Waals surface area contributed by atoms with Gasteiger partial charge in [-0.1, -0.05) is 11.2 Å². The van der Waals surface area contributed by atoms with Gasteiger partial charge in [-0.25, -0.2) is 0 Å². The molecule has 0 saturated heterocycles. The molecule has 0 bridgehead atoms. The van der Waals surface area contributed by atoms with Gasteiger partial charge < -0.3 is 10.3 Å². The van der Waals surface area contributed by atoms with Gasteiger partial charge >= 0.3 is 0 Å². The van der Waals surface area contributed by atoms with Crippen LogP contribution in [0, 0.1) is 17.0 Å². The average molecular weight is 234 g/mol. The van der Waals surface area contributed by atoms with Gasteiger partial charge in [0, 0.05) is 6.07 Å². The van der Waals surface area contributed by atoms with Crippen molar-refractivity contribution >= 4 is 5.69 Å². The minimum Gasteiger partial charge on any atom is -0.334 e. The van der Waals surface area contributed by atoms with Gasteiger partial charge in [0.1, 0.15) is 5.56 Å². The largest absolute Gasteiger partial charge is 0.334 e. The van der Waals surface area contributed by atoms with E-state index in [1.165, 1.54) is 6.07 Å². The molecule has 88 valence electrons. The number of benzene rings is 1. The Morgan fingerprint density at radius 3 is 2.88 bits per heavy atom. The quantitative estimate of drug-likeness (QED) is 0.635. The number of nitro groups is 1. The highest BCUT2D eigenvalue weighted by molar-refractivity contribution is 5.67. The van der Waals surface area contributed by atoms with Crippen LogP contribution in [0.3, 0.4) is 0 Å². The fraction of sp³-hybridized carbons (Fsp3) is 0.200. The molecule has 7 heteroatoms. The Kier molecular flexibility index (Phi) is 2.84. The Bertz CT molecular complexity index is 564. The molecule has 2 aromatic rings. The van der Waals surface area contributed by atoms with Crippen molar-refractivity contribution in [3.63, 3.8) is 0 Å². The fourth-order valence-electron chi connectivity index (χ4n) is 1.43. The van der Waals surface area contributed by atoms with Crippen LogP contribution in [0.15, 0.2) is 22.7 Å². The Morgan fingerprint density at radius 1 is 1.53 bits per heavy atom. The van der Waals surface area contributed by atoms with Crippen molar-refractivity contribution in [1.82, 2.24) is 10.1 Å². The number of aromatic nitrogens is 2. The Morgan fingerprint density at radius 2 is 2.29 bits per heavy atom. The first kappa shape index (κ1) is 11.2. The SMILES string of the molecule is Cc1ccc([N+](=O)[O-])c(-c2nc(CN)no2)c1. The van der Waals surface area contributed by atoms with Crippen molar-refractivity contribution in [1.29, 1.82) is 0 Å². The van der Waals surface area contributed by atoms with E-state index in [0.29, 0.717) is 11.4 Å². The highest BCUT2D eigenvalue weighted by Gasteiger charge is 2.20. The number of nitro benzene ring substituents is 1. The van der Waals surface area contributed by atoms with Crippen LogP contribution in [0.25, 0.3) is 11.5 Å². The summed E-state index contributed by atoms with van der Waals surface area (Å²) < 4.78 is 4.94. The summed E-state index contributed by atoms with van der Waals surface area (Å²) >= 11 is 0. The van der Waals surface area contributed by atoms with Gasteiger partial charge in [-0.15, -0.1) is 0 Å². The number of nitrogens with zero attached hydrogens (tertiary/aromatic N) is 3. The summed E-state index contributed by atoms with van der Waals surface area (Å²) in [6, 6.07) is 4.70. The summed E-state index contributed by atoms with van der Waals surface area (Å²) in [5.41, 5.74) is 6.46. The molecule has 0 saturated carbocycles. The summed E-state index contributed by atoms with van der Waals surface area (Å²) in [4.78, 5) is 14.4. The van der Waals surface area contributed by atoms with Gasteiger partial charge in [-0.3, -0.25) is 10.1 Å². The molecule has 1 heterocycles. The van der Waals surface area contributed by atoms with Crippen molar-refractivity contribution in [2.24, 2.45) is 5.73 Å². The first-order chi connectivity index (χ1) is 8.11. The highest BCUT2D eigenvalue weighted by atomic mass is 16.6. The maximum Gasteiger partial charge on any atom is 0.282 e. The second kappa shape index (κ2) is 4.30. The lowest BCUT2D eigenvalue weighted by atomic mass is 10.1. The number of nitrogens with two attached hydrogens (primary N) is 1. The van der Waals surface area contributed by atoms with Crippen molar-refractivity contribution in [2.45, 2.75) is 13.5 Å². The van der Waals surface area contributed by atoms with Gasteiger partial charge in [-0.05, 0) is 18.6 Å². The van der Waals surface area contributed by atoms with E-state index in [4.69, 9.17) is 10.3 Å². The molecule has 0 aliphatic carbocycles. The van der Waals surface area contributed by atoms with Crippen molar-refractivity contribution in [2.75, 3.05) is 0 Å². The Hall–Kier alpha value is -2.28. The second-order valence-electron chi connectivity index (χ2n) is 3.50. The zero-order chi connectivity index (χ0) is 12.4. The van der Waals surface area contributed by atoms with Crippen LogP contribution in [-0.2, 0) is 6.54 Å². The number of hydrogen-bond acceptors (Lipinski definition) is 6. The van der Waals surface area contributed by atoms with Gasteiger partial charge in [-0.2, -0.15) is 4.98 Å². The second-order valence-corrected chi connectivity index (χ2v) is 3.50. The Balaban J connectivity index is 2.56. The monoisotopic (exact) mass is 234 g/mol. The first-order valence-electron chi connectivity index (χ1n) is 4.90. The summed E-state index contributed by atoms with van der Waals surface area (Å²) in [6.45, 7) is 1.95. The molecule has 0 unspecified atom stereocenters. The van der Waals surface area contributed by atoms with E-state index >= 15 is 0 Å². The van der Waals surface area contributed by atoms with E-state index < -0.39 is 4.92 Å². The van der Waals surface area contributed by atoms with Gasteiger partial charge in [0.05, 0.1) is 11.5 Å². The third kappa shape index (κ3) is 2.13. The molecule has 0 fully saturated rings. The standard InChI is InChI=1S/C10H10N4O3/c1-6-2-3-8(14(15)16)7(4-6)10-12-9(5-11)13-17-10/h2-4H,5,11H2,1H3. The maximum atomic E-state index is 10.9. The normalized spacial score (nSPS) is 10.5. The van der Waals surface area contributed by atoms with Crippen molar-refractivity contribution in [3.8, 4) is 11.5 Å². The molecular formula is C10H10N4O3. The molecule has 17 heavy (non-hydrogen) atoms. The Labute approximate surface area is 96.4 Å². The molecule has 1 aromatic carbocycles. The van der Waals surface area contributed by atoms with E-state index in [0.717, 1.165) is 5.56 Å². The van der Waals surface area contributed by atoms with Crippen LogP contribution in [-0.4, -0.2) is 15.1 Å². The van der Waals surface area contributed by atoms with Crippen LogP contribution in [0.5, 0.6) is 0 Å². The summed E-state index contributed by atoms with van der Waals surface area (Å²) in [6.07, 6.45) is 0. The van der Waals surface area contributed by atoms with E-state index in [9.17, 15) is 10.1 Å². The van der Waals surface area contributed by atoms with E-state index in [-0.39, 0.29) is 18.1 Å². The molecule has 7 nitrogen and oxygen atoms in total. The van der Waals surface area contributed by atoms with E-state index in [1.54, 1.807) is 12.1 Å². The predicted octanol–water partition coefficient (Wildman–Crippen LogP) is 1.41. The summed E-state index contributed by atoms with van der Waals surface area (Å²) in [7, 11) is 0. The molecular weight excluding hydrogens is 224 g/mol. The van der Waals surface area contributed by atoms with Crippen molar-refractivity contribution < 1.29 is 9.45 Å². The predicted molar refractivity (Wildman–Crippen MR) is 59.0 cm³/mol. The minimum absolute atomic E-state index is 0.0668. The summed E-state index contributed by atoms with van der Waals surface area (Å²) in [5.74, 6) is 0.427. The number of hydrogen-bond donors (Lipinski definition) is 1. The molecule has 2 N–H and O–H groups in total. The van der Waals surface area contributed by atoms with Gasteiger partial charge in [0.2, 0.25) is 0 Å². The number of aryl methyl sites for hydroxylation is 1. The molecule has 0 radical (unpaired) electrons. The van der Waals surface area contributed by atoms with Gasteiger partial charge in [0.25, 0.3) is 11.6 Å². The van der Waals surface area contributed by atoms with Crippen LogP contribution >= 0.6 is 0 Å². The molecule has 1 aromatic heterocycles. The molecule has 0 amide bonds. The van der Waals surface area contributed by atoms with Gasteiger partial charge in [0.15, 0.2) is 5.82 Å². The third-order valence-electron chi connectivity index (χ3n) is 2.23. The lowest BCUT2D eigenvalue weighted by Gasteiger charge is -1.99. The van der Waals surface area contributed by atoms with Crippen LogP contribution in [0.1, 0.15) is 11.4 Å². The van der Waals surface area contributed by atoms with Crippen molar-refractivity contribution in [3.05, 3.63) is 39.7 Å². The third-order valence-corrected chi connectivity index (χ3v) is 2.23.